The highest BCUT2D eigenvalue weighted by molar-refractivity contribution is 7.92. The van der Waals surface area contributed by atoms with Crippen molar-refractivity contribution >= 4 is 27.1 Å². The first-order valence-electron chi connectivity index (χ1n) is 12.0. The first kappa shape index (κ1) is 28.1. The number of allylic oxidation sites excluding steroid dienone is 2. The monoisotopic (exact) mass is 525 g/mol. The largest absolute Gasteiger partial charge is 0.402 e. The van der Waals surface area contributed by atoms with Crippen LogP contribution in [0.1, 0.15) is 51.5 Å². The Bertz CT molecular complexity index is 1360. The number of hydrogen-bond acceptors (Lipinski definition) is 7. The SMILES string of the molecule is CC(=O)/C(=C(\C)N)c1cn(CCC(C)(C)NC[C@H](O)c2cccc(NS(=O)(=O)c3ccccc3)c2)cn1. The first-order chi connectivity index (χ1) is 17.4. The average molecular weight is 526 g/mol. The minimum Gasteiger partial charge on any atom is -0.402 e. The van der Waals surface area contributed by atoms with Crippen LogP contribution in [0.25, 0.3) is 5.57 Å². The Hall–Kier alpha value is -3.47. The van der Waals surface area contributed by atoms with Crippen molar-refractivity contribution in [3.05, 3.63) is 84.1 Å². The number of aromatic nitrogens is 2. The molecule has 1 atom stereocenters. The van der Waals surface area contributed by atoms with E-state index < -0.39 is 16.1 Å². The number of anilines is 1. The number of hydrogen-bond donors (Lipinski definition) is 4. The zero-order chi connectivity index (χ0) is 27.2. The second-order valence-corrected chi connectivity index (χ2v) is 11.4. The van der Waals surface area contributed by atoms with Gasteiger partial charge in [0.2, 0.25) is 0 Å². The van der Waals surface area contributed by atoms with Crippen molar-refractivity contribution in [2.45, 2.75) is 57.2 Å². The number of rotatable bonds is 12. The van der Waals surface area contributed by atoms with Gasteiger partial charge in [-0.3, -0.25) is 9.52 Å². The molecule has 5 N–H and O–H groups in total. The molecule has 3 aromatic rings. The van der Waals surface area contributed by atoms with E-state index in [-0.39, 0.29) is 22.8 Å². The molecule has 0 saturated carbocycles. The van der Waals surface area contributed by atoms with Crippen molar-refractivity contribution < 1.29 is 18.3 Å². The Balaban J connectivity index is 1.58. The van der Waals surface area contributed by atoms with Crippen LogP contribution in [0, 0.1) is 0 Å². The molecule has 0 aliphatic rings. The zero-order valence-corrected chi connectivity index (χ0v) is 22.4. The second-order valence-electron chi connectivity index (χ2n) is 9.69. The van der Waals surface area contributed by atoms with Crippen LogP contribution in [-0.2, 0) is 21.4 Å². The van der Waals surface area contributed by atoms with E-state index in [0.29, 0.717) is 34.8 Å². The standard InChI is InChI=1S/C27H35N5O4S/c1-19(28)26(20(2)33)24-17-32(18-29-24)14-13-27(3,4)30-16-25(34)21-9-8-10-22(15-21)31-37(35,36)23-11-6-5-7-12-23/h5-12,15,17-18,25,30-31,34H,13-14,16,28H2,1-4H3/b26-19-/t25-/m0/s1. The molecule has 0 unspecified atom stereocenters. The van der Waals surface area contributed by atoms with Crippen LogP contribution in [-0.4, -0.2) is 40.9 Å². The number of nitrogens with one attached hydrogen (secondary N) is 2. The third-order valence-corrected chi connectivity index (χ3v) is 7.38. The van der Waals surface area contributed by atoms with Gasteiger partial charge in [0, 0.05) is 36.2 Å². The van der Waals surface area contributed by atoms with Gasteiger partial charge in [-0.2, -0.15) is 0 Å². The Morgan fingerprint density at radius 3 is 2.49 bits per heavy atom. The number of carbonyl (C=O) groups excluding carboxylic acids is 1. The van der Waals surface area contributed by atoms with E-state index in [1.54, 1.807) is 61.9 Å². The molecule has 0 amide bonds. The third-order valence-electron chi connectivity index (χ3n) is 5.98. The van der Waals surface area contributed by atoms with Gasteiger partial charge >= 0.3 is 0 Å². The number of β-amino-alcohol motifs (C(OH)–C–C–N with tert-alkyl or cyclic N) is 1. The minimum atomic E-state index is -3.72. The van der Waals surface area contributed by atoms with Crippen molar-refractivity contribution in [3.63, 3.8) is 0 Å². The van der Waals surface area contributed by atoms with Crippen LogP contribution >= 0.6 is 0 Å². The summed E-state index contributed by atoms with van der Waals surface area (Å²) in [5.74, 6) is -0.127. The molecule has 0 saturated heterocycles. The second kappa shape index (κ2) is 11.7. The summed E-state index contributed by atoms with van der Waals surface area (Å²) in [6.07, 6.45) is 3.37. The van der Waals surface area contributed by atoms with Gasteiger partial charge in [0.15, 0.2) is 5.78 Å². The summed E-state index contributed by atoms with van der Waals surface area (Å²) in [6.45, 7) is 8.15. The Kier molecular flexibility index (Phi) is 8.90. The number of carbonyl (C=O) groups is 1. The maximum atomic E-state index is 12.6. The summed E-state index contributed by atoms with van der Waals surface area (Å²) in [6, 6.07) is 14.9. The van der Waals surface area contributed by atoms with Crippen molar-refractivity contribution in [1.82, 2.24) is 14.9 Å². The normalized spacial score (nSPS) is 13.6. The van der Waals surface area contributed by atoms with Crippen LogP contribution in [0.3, 0.4) is 0 Å². The number of Topliss-reactive ketones (excluding diaryl/α,β-unsaturated/α-hetero) is 1. The van der Waals surface area contributed by atoms with Crippen LogP contribution in [0.15, 0.2) is 77.7 Å². The van der Waals surface area contributed by atoms with Gasteiger partial charge in [-0.05, 0) is 63.9 Å². The Morgan fingerprint density at radius 1 is 1.14 bits per heavy atom. The maximum absolute atomic E-state index is 12.6. The summed E-state index contributed by atoms with van der Waals surface area (Å²) < 4.78 is 29.7. The van der Waals surface area contributed by atoms with Gasteiger partial charge in [0.05, 0.1) is 28.6 Å². The number of sulfonamides is 1. The molecule has 0 bridgehead atoms. The molecular formula is C27H35N5O4S. The number of nitrogens with zero attached hydrogens (tertiary/aromatic N) is 2. The quantitative estimate of drug-likeness (QED) is 0.266. The van der Waals surface area contributed by atoms with Gasteiger partial charge in [-0.15, -0.1) is 0 Å². The van der Waals surface area contributed by atoms with Crippen molar-refractivity contribution in [3.8, 4) is 0 Å². The molecule has 3 rings (SSSR count). The number of nitrogens with two attached hydrogens (primary N) is 1. The van der Waals surface area contributed by atoms with Gasteiger partial charge in [0.1, 0.15) is 0 Å². The molecule has 9 nitrogen and oxygen atoms in total. The molecular weight excluding hydrogens is 490 g/mol. The number of aliphatic hydroxyl groups is 1. The lowest BCUT2D eigenvalue weighted by molar-refractivity contribution is -0.111. The number of benzene rings is 2. The summed E-state index contributed by atoms with van der Waals surface area (Å²) in [4.78, 5) is 16.4. The highest BCUT2D eigenvalue weighted by Gasteiger charge is 2.21. The fourth-order valence-corrected chi connectivity index (χ4v) is 4.95. The molecule has 1 aromatic heterocycles. The fourth-order valence-electron chi connectivity index (χ4n) is 3.88. The van der Waals surface area contributed by atoms with Gasteiger partial charge in [0.25, 0.3) is 10.0 Å². The van der Waals surface area contributed by atoms with Crippen LogP contribution in [0.2, 0.25) is 0 Å². The minimum absolute atomic E-state index is 0.127. The van der Waals surface area contributed by atoms with Crippen LogP contribution < -0.4 is 15.8 Å². The van der Waals surface area contributed by atoms with Crippen LogP contribution in [0.4, 0.5) is 5.69 Å². The fraction of sp³-hybridized carbons (Fsp3) is 0.333. The summed E-state index contributed by atoms with van der Waals surface area (Å²) in [5.41, 5.74) is 7.91. The smallest absolute Gasteiger partial charge is 0.261 e. The predicted molar refractivity (Wildman–Crippen MR) is 145 cm³/mol. The molecule has 0 radical (unpaired) electrons. The molecule has 2 aromatic carbocycles. The molecule has 37 heavy (non-hydrogen) atoms. The average Bonchev–Trinajstić information content (AvgIpc) is 3.29. The van der Waals surface area contributed by atoms with Gasteiger partial charge in [-0.1, -0.05) is 30.3 Å². The lowest BCUT2D eigenvalue weighted by Crippen LogP contribution is -2.42. The van der Waals surface area contributed by atoms with E-state index in [1.807, 2.05) is 18.4 Å². The van der Waals surface area contributed by atoms with Crippen molar-refractivity contribution in [1.29, 1.82) is 0 Å². The third kappa shape index (κ3) is 7.75. The molecule has 0 aliphatic heterocycles. The number of imidazole rings is 1. The Morgan fingerprint density at radius 2 is 1.84 bits per heavy atom. The van der Waals surface area contributed by atoms with E-state index in [9.17, 15) is 18.3 Å². The van der Waals surface area contributed by atoms with E-state index in [0.717, 1.165) is 6.42 Å². The van der Waals surface area contributed by atoms with Crippen molar-refractivity contribution in [2.75, 3.05) is 11.3 Å². The Labute approximate surface area is 218 Å². The topological polar surface area (TPSA) is 139 Å². The lowest BCUT2D eigenvalue weighted by atomic mass is 9.99. The number of ketones is 1. The van der Waals surface area contributed by atoms with Gasteiger partial charge in [-0.25, -0.2) is 13.4 Å². The zero-order valence-electron chi connectivity index (χ0n) is 21.6. The summed E-state index contributed by atoms with van der Waals surface area (Å²) >= 11 is 0. The van der Waals surface area contributed by atoms with E-state index in [4.69, 9.17) is 5.73 Å². The predicted octanol–water partition coefficient (Wildman–Crippen LogP) is 3.45. The summed E-state index contributed by atoms with van der Waals surface area (Å²) in [5, 5.41) is 14.2. The molecule has 0 aliphatic carbocycles. The molecule has 10 heteroatoms. The summed E-state index contributed by atoms with van der Waals surface area (Å²) in [7, 11) is -3.72. The van der Waals surface area contributed by atoms with E-state index >= 15 is 0 Å². The molecule has 0 spiro atoms. The first-order valence-corrected chi connectivity index (χ1v) is 13.5. The number of aryl methyl sites for hydroxylation is 1. The number of aliphatic hydroxyl groups excluding tert-OH is 1. The lowest BCUT2D eigenvalue weighted by Gasteiger charge is -2.28. The van der Waals surface area contributed by atoms with Crippen LogP contribution in [0.5, 0.6) is 0 Å². The van der Waals surface area contributed by atoms with Gasteiger partial charge < -0.3 is 20.7 Å². The van der Waals surface area contributed by atoms with E-state index in [1.165, 1.54) is 19.1 Å². The molecule has 0 fully saturated rings. The highest BCUT2D eigenvalue weighted by atomic mass is 32.2. The molecule has 1 heterocycles. The van der Waals surface area contributed by atoms with Crippen molar-refractivity contribution in [2.24, 2.45) is 5.73 Å². The highest BCUT2D eigenvalue weighted by Crippen LogP contribution is 2.22. The maximum Gasteiger partial charge on any atom is 0.261 e. The van der Waals surface area contributed by atoms with E-state index in [2.05, 4.69) is 15.0 Å². The molecule has 198 valence electrons.